The van der Waals surface area contributed by atoms with Crippen LogP contribution in [0.2, 0.25) is 0 Å². The first-order valence-electron chi connectivity index (χ1n) is 6.33. The van der Waals surface area contributed by atoms with E-state index in [0.29, 0.717) is 6.54 Å². The van der Waals surface area contributed by atoms with Crippen molar-refractivity contribution in [1.82, 2.24) is 9.80 Å². The van der Waals surface area contributed by atoms with Gasteiger partial charge in [-0.1, -0.05) is 6.08 Å². The molecule has 0 spiro atoms. The lowest BCUT2D eigenvalue weighted by molar-refractivity contribution is -0.142. The lowest BCUT2D eigenvalue weighted by atomic mass is 10.3. The third kappa shape index (κ3) is 4.14. The number of carbonyl (C=O) groups excluding carboxylic acids is 2. The van der Waals surface area contributed by atoms with E-state index in [0.717, 1.165) is 25.0 Å². The number of allylic oxidation sites excluding steroid dienone is 2. The van der Waals surface area contributed by atoms with Crippen molar-refractivity contribution in [1.29, 1.82) is 0 Å². The molecule has 102 valence electrons. The Kier molecular flexibility index (Phi) is 5.85. The topological polar surface area (TPSA) is 49.9 Å². The van der Waals surface area contributed by atoms with Gasteiger partial charge in [-0.3, -0.25) is 14.5 Å². The van der Waals surface area contributed by atoms with Gasteiger partial charge in [-0.25, -0.2) is 0 Å². The molecule has 0 saturated carbocycles. The van der Waals surface area contributed by atoms with E-state index < -0.39 is 0 Å². The van der Waals surface area contributed by atoms with Crippen LogP contribution in [0.4, 0.5) is 0 Å². The maximum Gasteiger partial charge on any atom is 0.319 e. The number of hydrogen-bond donors (Lipinski definition) is 0. The Hall–Kier alpha value is -1.36. The predicted molar refractivity (Wildman–Crippen MR) is 68.8 cm³/mol. The molecule has 0 atom stereocenters. The lowest BCUT2D eigenvalue weighted by Gasteiger charge is -2.25. The molecule has 0 saturated heterocycles. The van der Waals surface area contributed by atoms with Gasteiger partial charge in [0.1, 0.15) is 0 Å². The molecule has 0 heterocycles. The van der Waals surface area contributed by atoms with Gasteiger partial charge in [0.05, 0.1) is 20.2 Å². The number of esters is 1. The number of rotatable bonds is 6. The molecular formula is C13H22N2O3. The Labute approximate surface area is 108 Å². The fourth-order valence-corrected chi connectivity index (χ4v) is 2.10. The fraction of sp³-hybridized carbons (Fsp3) is 0.692. The smallest absolute Gasteiger partial charge is 0.319 e. The van der Waals surface area contributed by atoms with E-state index in [1.54, 1.807) is 16.8 Å². The Morgan fingerprint density at radius 2 is 2.11 bits per heavy atom. The van der Waals surface area contributed by atoms with Gasteiger partial charge in [-0.15, -0.1) is 0 Å². The van der Waals surface area contributed by atoms with Gasteiger partial charge in [0, 0.05) is 12.2 Å². The van der Waals surface area contributed by atoms with Crippen molar-refractivity contribution >= 4 is 11.9 Å². The number of likely N-dealkylation sites (N-methyl/N-ethyl adjacent to an activating group) is 2. The van der Waals surface area contributed by atoms with E-state index in [1.807, 2.05) is 6.92 Å². The van der Waals surface area contributed by atoms with Gasteiger partial charge >= 0.3 is 5.97 Å². The van der Waals surface area contributed by atoms with Crippen LogP contribution in [-0.2, 0) is 14.3 Å². The Bertz CT molecular complexity index is 339. The highest BCUT2D eigenvalue weighted by atomic mass is 16.5. The SMILES string of the molecule is CCN(C(=O)CN(C)CC(=O)OC)C1=CCCC1. The summed E-state index contributed by atoms with van der Waals surface area (Å²) in [4.78, 5) is 26.7. The fourth-order valence-electron chi connectivity index (χ4n) is 2.10. The van der Waals surface area contributed by atoms with Crippen molar-refractivity contribution < 1.29 is 14.3 Å². The molecule has 0 aliphatic heterocycles. The van der Waals surface area contributed by atoms with E-state index in [-0.39, 0.29) is 25.0 Å². The standard InChI is InChI=1S/C13H22N2O3/c1-4-15(11-7-5-6-8-11)12(16)9-14(2)10-13(17)18-3/h7H,4-6,8-10H2,1-3H3. The number of amides is 1. The minimum atomic E-state index is -0.326. The molecule has 18 heavy (non-hydrogen) atoms. The zero-order valence-corrected chi connectivity index (χ0v) is 11.4. The van der Waals surface area contributed by atoms with Gasteiger partial charge < -0.3 is 9.64 Å². The Morgan fingerprint density at radius 3 is 2.61 bits per heavy atom. The molecule has 0 N–H and O–H groups in total. The zero-order chi connectivity index (χ0) is 13.5. The second-order valence-electron chi connectivity index (χ2n) is 4.47. The van der Waals surface area contributed by atoms with Gasteiger partial charge in [-0.05, 0) is 33.2 Å². The summed E-state index contributed by atoms with van der Waals surface area (Å²) >= 11 is 0. The van der Waals surface area contributed by atoms with E-state index in [2.05, 4.69) is 10.8 Å². The summed E-state index contributed by atoms with van der Waals surface area (Å²) in [5.41, 5.74) is 1.12. The molecule has 1 aliphatic rings. The van der Waals surface area contributed by atoms with Gasteiger partial charge in [0.15, 0.2) is 0 Å². The molecule has 0 unspecified atom stereocenters. The van der Waals surface area contributed by atoms with Gasteiger partial charge in [0.25, 0.3) is 0 Å². The van der Waals surface area contributed by atoms with Crippen LogP contribution in [-0.4, -0.2) is 55.5 Å². The molecule has 0 radical (unpaired) electrons. The lowest BCUT2D eigenvalue weighted by Crippen LogP contribution is -2.40. The Morgan fingerprint density at radius 1 is 1.39 bits per heavy atom. The average molecular weight is 254 g/mol. The van der Waals surface area contributed by atoms with Crippen molar-refractivity contribution in [3.63, 3.8) is 0 Å². The minimum absolute atomic E-state index is 0.0389. The van der Waals surface area contributed by atoms with Gasteiger partial charge in [-0.2, -0.15) is 0 Å². The van der Waals surface area contributed by atoms with Crippen LogP contribution < -0.4 is 0 Å². The second kappa shape index (κ2) is 7.16. The average Bonchev–Trinajstić information content (AvgIpc) is 2.83. The first kappa shape index (κ1) is 14.7. The van der Waals surface area contributed by atoms with Gasteiger partial charge in [0.2, 0.25) is 5.91 Å². The number of methoxy groups -OCH3 is 1. The van der Waals surface area contributed by atoms with Crippen LogP contribution in [0, 0.1) is 0 Å². The molecule has 0 aromatic rings. The summed E-state index contributed by atoms with van der Waals surface area (Å²) in [5.74, 6) is -0.287. The normalized spacial score (nSPS) is 14.6. The predicted octanol–water partition coefficient (Wildman–Crippen LogP) is 1.01. The quantitative estimate of drug-likeness (QED) is 0.664. The Balaban J connectivity index is 2.49. The molecule has 0 bridgehead atoms. The molecule has 0 aromatic heterocycles. The molecule has 5 nitrogen and oxygen atoms in total. The van der Waals surface area contributed by atoms with E-state index in [4.69, 9.17) is 0 Å². The molecule has 1 aliphatic carbocycles. The van der Waals surface area contributed by atoms with Crippen molar-refractivity contribution in [3.8, 4) is 0 Å². The molecule has 0 aromatic carbocycles. The van der Waals surface area contributed by atoms with Crippen molar-refractivity contribution in [2.24, 2.45) is 0 Å². The highest BCUT2D eigenvalue weighted by molar-refractivity contribution is 5.81. The van der Waals surface area contributed by atoms with Crippen LogP contribution in [0.15, 0.2) is 11.8 Å². The van der Waals surface area contributed by atoms with Crippen molar-refractivity contribution in [2.75, 3.05) is 33.8 Å². The van der Waals surface area contributed by atoms with Crippen molar-refractivity contribution in [3.05, 3.63) is 11.8 Å². The second-order valence-corrected chi connectivity index (χ2v) is 4.47. The first-order valence-corrected chi connectivity index (χ1v) is 6.33. The number of nitrogens with zero attached hydrogens (tertiary/aromatic N) is 2. The minimum Gasteiger partial charge on any atom is -0.468 e. The van der Waals surface area contributed by atoms with Crippen molar-refractivity contribution in [2.45, 2.75) is 26.2 Å². The molecular weight excluding hydrogens is 232 g/mol. The van der Waals surface area contributed by atoms with E-state index in [1.165, 1.54) is 7.11 Å². The van der Waals surface area contributed by atoms with Crippen LogP contribution in [0.5, 0.6) is 0 Å². The third-order valence-electron chi connectivity index (χ3n) is 3.01. The third-order valence-corrected chi connectivity index (χ3v) is 3.01. The maximum atomic E-state index is 12.1. The summed E-state index contributed by atoms with van der Waals surface area (Å²) in [6.07, 6.45) is 5.27. The molecule has 0 fully saturated rings. The zero-order valence-electron chi connectivity index (χ0n) is 11.4. The van der Waals surface area contributed by atoms with Crippen LogP contribution in [0.25, 0.3) is 0 Å². The largest absolute Gasteiger partial charge is 0.468 e. The molecule has 1 amide bonds. The summed E-state index contributed by atoms with van der Waals surface area (Å²) < 4.78 is 4.57. The number of hydrogen-bond acceptors (Lipinski definition) is 4. The van der Waals surface area contributed by atoms with Crippen LogP contribution in [0.1, 0.15) is 26.2 Å². The number of carbonyl (C=O) groups is 2. The maximum absolute atomic E-state index is 12.1. The summed E-state index contributed by atoms with van der Waals surface area (Å²) in [6, 6.07) is 0. The first-order chi connectivity index (χ1) is 8.58. The highest BCUT2D eigenvalue weighted by Crippen LogP contribution is 2.21. The number of ether oxygens (including phenoxy) is 1. The van der Waals surface area contributed by atoms with Crippen LogP contribution >= 0.6 is 0 Å². The summed E-state index contributed by atoms with van der Waals surface area (Å²) in [5, 5.41) is 0. The molecule has 5 heteroatoms. The molecule has 1 rings (SSSR count). The van der Waals surface area contributed by atoms with E-state index >= 15 is 0 Å². The summed E-state index contributed by atoms with van der Waals surface area (Å²) in [7, 11) is 3.09. The summed E-state index contributed by atoms with van der Waals surface area (Å²) in [6.45, 7) is 3.02. The van der Waals surface area contributed by atoms with Crippen LogP contribution in [0.3, 0.4) is 0 Å². The van der Waals surface area contributed by atoms with E-state index in [9.17, 15) is 9.59 Å². The highest BCUT2D eigenvalue weighted by Gasteiger charge is 2.20. The monoisotopic (exact) mass is 254 g/mol.